The maximum atomic E-state index is 13.9. The van der Waals surface area contributed by atoms with Crippen molar-refractivity contribution in [1.29, 1.82) is 5.26 Å². The van der Waals surface area contributed by atoms with Gasteiger partial charge in [0.15, 0.2) is 0 Å². The van der Waals surface area contributed by atoms with Crippen LogP contribution in [0.15, 0.2) is 23.1 Å². The van der Waals surface area contributed by atoms with Crippen molar-refractivity contribution in [2.24, 2.45) is 5.41 Å². The number of sulfonamides is 1. The summed E-state index contributed by atoms with van der Waals surface area (Å²) >= 11 is 0. The Kier molecular flexibility index (Phi) is 4.33. The Morgan fingerprint density at radius 3 is 2.86 bits per heavy atom. The van der Waals surface area contributed by atoms with E-state index in [0.717, 1.165) is 18.6 Å². The predicted octanol–water partition coefficient (Wildman–Crippen LogP) is 1.53. The summed E-state index contributed by atoms with van der Waals surface area (Å²) < 4.78 is 40.9. The molecule has 1 aliphatic rings. The highest BCUT2D eigenvalue weighted by atomic mass is 32.2. The van der Waals surface area contributed by atoms with Gasteiger partial charge in [0, 0.05) is 18.1 Å². The molecule has 2 rings (SSSR count). The van der Waals surface area contributed by atoms with E-state index in [4.69, 9.17) is 5.26 Å². The van der Waals surface area contributed by atoms with E-state index in [2.05, 4.69) is 4.72 Å². The van der Waals surface area contributed by atoms with Crippen molar-refractivity contribution in [3.05, 3.63) is 29.6 Å². The highest BCUT2D eigenvalue weighted by Crippen LogP contribution is 2.38. The number of aliphatic hydroxyl groups excluding tert-OH is 1. The number of nitrogens with one attached hydrogen (secondary N) is 1. The minimum Gasteiger partial charge on any atom is -0.396 e. The first-order chi connectivity index (χ1) is 9.82. The fourth-order valence-electron chi connectivity index (χ4n) is 2.66. The molecule has 1 aliphatic carbocycles. The van der Waals surface area contributed by atoms with Gasteiger partial charge in [-0.15, -0.1) is 0 Å². The third-order valence-electron chi connectivity index (χ3n) is 4.09. The Hall–Kier alpha value is -1.49. The molecule has 114 valence electrons. The molecular weight excluding hydrogens is 295 g/mol. The van der Waals surface area contributed by atoms with Crippen LogP contribution in [0.5, 0.6) is 0 Å². The molecular formula is C14H17FN2O3S. The van der Waals surface area contributed by atoms with E-state index >= 15 is 0 Å². The lowest BCUT2D eigenvalue weighted by atomic mass is 9.86. The van der Waals surface area contributed by atoms with Crippen LogP contribution in [0.4, 0.5) is 4.39 Å². The summed E-state index contributed by atoms with van der Waals surface area (Å²) in [6, 6.07) is 4.57. The van der Waals surface area contributed by atoms with Crippen LogP contribution in [0.1, 0.15) is 31.7 Å². The molecule has 0 spiro atoms. The van der Waals surface area contributed by atoms with Gasteiger partial charge in [-0.25, -0.2) is 17.5 Å². The minimum atomic E-state index is -4.03. The topological polar surface area (TPSA) is 90.2 Å². The number of benzene rings is 1. The molecule has 0 saturated heterocycles. The zero-order valence-corrected chi connectivity index (χ0v) is 12.5. The van der Waals surface area contributed by atoms with Gasteiger partial charge in [-0.05, 0) is 31.0 Å². The fraction of sp³-hybridized carbons (Fsp3) is 0.500. The third-order valence-corrected chi connectivity index (χ3v) is 5.60. The Balaban J connectivity index is 2.29. The molecule has 2 atom stereocenters. The molecule has 21 heavy (non-hydrogen) atoms. The van der Waals surface area contributed by atoms with E-state index in [-0.39, 0.29) is 12.2 Å². The maximum absolute atomic E-state index is 13.9. The molecule has 0 bridgehead atoms. The summed E-state index contributed by atoms with van der Waals surface area (Å²) in [7, 11) is -4.03. The lowest BCUT2D eigenvalue weighted by Crippen LogP contribution is -2.44. The van der Waals surface area contributed by atoms with E-state index in [9.17, 15) is 17.9 Å². The zero-order chi connectivity index (χ0) is 15.7. The average Bonchev–Trinajstić information content (AvgIpc) is 2.79. The van der Waals surface area contributed by atoms with Crippen molar-refractivity contribution >= 4 is 10.0 Å². The van der Waals surface area contributed by atoms with Gasteiger partial charge in [0.25, 0.3) is 0 Å². The molecule has 5 nitrogen and oxygen atoms in total. The molecule has 1 aromatic carbocycles. The van der Waals surface area contributed by atoms with Crippen LogP contribution in [0.25, 0.3) is 0 Å². The van der Waals surface area contributed by atoms with Gasteiger partial charge >= 0.3 is 0 Å². The van der Waals surface area contributed by atoms with E-state index in [0.29, 0.717) is 12.8 Å². The van der Waals surface area contributed by atoms with Crippen molar-refractivity contribution < 1.29 is 17.9 Å². The monoisotopic (exact) mass is 312 g/mol. The summed E-state index contributed by atoms with van der Waals surface area (Å²) in [4.78, 5) is -0.478. The molecule has 0 amide bonds. The molecule has 0 heterocycles. The van der Waals surface area contributed by atoms with Crippen molar-refractivity contribution in [2.45, 2.75) is 37.1 Å². The first-order valence-corrected chi connectivity index (χ1v) is 8.13. The van der Waals surface area contributed by atoms with Crippen LogP contribution in [-0.4, -0.2) is 26.2 Å². The standard InChI is InChI=1S/C14H17FN2O3S/c1-14(9-18)6-2-3-13(14)17-21(19,20)12-5-4-10(8-16)7-11(12)15/h4-5,7,13,17-18H,2-3,6,9H2,1H3. The Labute approximate surface area is 123 Å². The maximum Gasteiger partial charge on any atom is 0.243 e. The van der Waals surface area contributed by atoms with Crippen LogP contribution >= 0.6 is 0 Å². The van der Waals surface area contributed by atoms with Crippen molar-refractivity contribution in [3.63, 3.8) is 0 Å². The van der Waals surface area contributed by atoms with Gasteiger partial charge in [-0.1, -0.05) is 13.3 Å². The number of halogens is 1. The first kappa shape index (κ1) is 15.9. The Morgan fingerprint density at radius 1 is 1.57 bits per heavy atom. The van der Waals surface area contributed by atoms with Crippen LogP contribution in [-0.2, 0) is 10.0 Å². The number of rotatable bonds is 4. The van der Waals surface area contributed by atoms with Gasteiger partial charge in [0.1, 0.15) is 10.7 Å². The zero-order valence-electron chi connectivity index (χ0n) is 11.6. The van der Waals surface area contributed by atoms with Crippen molar-refractivity contribution in [1.82, 2.24) is 4.72 Å². The predicted molar refractivity (Wildman–Crippen MR) is 74.3 cm³/mol. The van der Waals surface area contributed by atoms with Gasteiger partial charge in [0.05, 0.1) is 11.6 Å². The first-order valence-electron chi connectivity index (χ1n) is 6.65. The molecule has 1 aromatic rings. The molecule has 0 aromatic heterocycles. The van der Waals surface area contributed by atoms with Crippen LogP contribution in [0.2, 0.25) is 0 Å². The van der Waals surface area contributed by atoms with Crippen LogP contribution in [0, 0.1) is 22.6 Å². The van der Waals surface area contributed by atoms with Crippen molar-refractivity contribution in [3.8, 4) is 6.07 Å². The van der Waals surface area contributed by atoms with Crippen LogP contribution < -0.4 is 4.72 Å². The van der Waals surface area contributed by atoms with E-state index in [1.54, 1.807) is 6.07 Å². The second kappa shape index (κ2) is 5.72. The largest absolute Gasteiger partial charge is 0.396 e. The second-order valence-electron chi connectivity index (χ2n) is 5.64. The highest BCUT2D eigenvalue weighted by molar-refractivity contribution is 7.89. The number of hydrogen-bond donors (Lipinski definition) is 2. The van der Waals surface area contributed by atoms with Crippen LogP contribution in [0.3, 0.4) is 0 Å². The number of hydrogen-bond acceptors (Lipinski definition) is 4. The lowest BCUT2D eigenvalue weighted by Gasteiger charge is -2.29. The number of nitrogens with zero attached hydrogens (tertiary/aromatic N) is 1. The Morgan fingerprint density at radius 2 is 2.29 bits per heavy atom. The molecule has 1 saturated carbocycles. The second-order valence-corrected chi connectivity index (χ2v) is 7.32. The summed E-state index contributed by atoms with van der Waals surface area (Å²) in [6.45, 7) is 1.68. The molecule has 0 aliphatic heterocycles. The van der Waals surface area contributed by atoms with E-state index < -0.39 is 32.2 Å². The van der Waals surface area contributed by atoms with E-state index in [1.165, 1.54) is 6.07 Å². The molecule has 7 heteroatoms. The van der Waals surface area contributed by atoms with Gasteiger partial charge in [-0.2, -0.15) is 5.26 Å². The van der Waals surface area contributed by atoms with Crippen molar-refractivity contribution in [2.75, 3.05) is 6.61 Å². The van der Waals surface area contributed by atoms with Gasteiger partial charge < -0.3 is 5.11 Å². The molecule has 1 fully saturated rings. The smallest absolute Gasteiger partial charge is 0.243 e. The Bertz CT molecular complexity index is 684. The van der Waals surface area contributed by atoms with Gasteiger partial charge in [-0.3, -0.25) is 0 Å². The lowest BCUT2D eigenvalue weighted by molar-refractivity contribution is 0.127. The number of nitriles is 1. The summed E-state index contributed by atoms with van der Waals surface area (Å²) in [6.07, 6.45) is 2.13. The SMILES string of the molecule is CC1(CO)CCCC1NS(=O)(=O)c1ccc(C#N)cc1F. The summed E-state index contributed by atoms with van der Waals surface area (Å²) in [5.41, 5.74) is -0.469. The molecule has 2 unspecified atom stereocenters. The summed E-state index contributed by atoms with van der Waals surface area (Å²) in [5, 5.41) is 18.1. The molecule has 2 N–H and O–H groups in total. The summed E-state index contributed by atoms with van der Waals surface area (Å²) in [5.74, 6) is -0.953. The normalized spacial score (nSPS) is 25.7. The van der Waals surface area contributed by atoms with E-state index in [1.807, 2.05) is 6.92 Å². The highest BCUT2D eigenvalue weighted by Gasteiger charge is 2.40. The third kappa shape index (κ3) is 3.07. The quantitative estimate of drug-likeness (QED) is 0.882. The fourth-order valence-corrected chi connectivity index (χ4v) is 4.13. The average molecular weight is 312 g/mol. The number of aliphatic hydroxyl groups is 1. The minimum absolute atomic E-state index is 0.0625. The van der Waals surface area contributed by atoms with Gasteiger partial charge in [0.2, 0.25) is 10.0 Å². The molecule has 0 radical (unpaired) electrons.